The Morgan fingerprint density at radius 1 is 1.25 bits per heavy atom. The van der Waals surface area contributed by atoms with E-state index >= 15 is 0 Å². The van der Waals surface area contributed by atoms with Crippen LogP contribution >= 0.6 is 0 Å². The minimum Gasteiger partial charge on any atom is -0.383 e. The van der Waals surface area contributed by atoms with Crippen molar-refractivity contribution in [3.8, 4) is 0 Å². The Hall–Kier alpha value is -2.08. The van der Waals surface area contributed by atoms with Crippen LogP contribution in [0.1, 0.15) is 10.4 Å². The van der Waals surface area contributed by atoms with Crippen molar-refractivity contribution in [3.05, 3.63) is 54.1 Å². The molecule has 0 bridgehead atoms. The van der Waals surface area contributed by atoms with Gasteiger partial charge in [-0.25, -0.2) is 8.42 Å². The van der Waals surface area contributed by atoms with E-state index in [-0.39, 0.29) is 5.78 Å². The number of allylic oxidation sites excluding steroid dienone is 1. The molecule has 0 heterocycles. The van der Waals surface area contributed by atoms with Crippen molar-refractivity contribution in [1.82, 2.24) is 4.90 Å². The third-order valence-corrected chi connectivity index (χ3v) is 4.01. The van der Waals surface area contributed by atoms with E-state index in [2.05, 4.69) is 6.58 Å². The van der Waals surface area contributed by atoms with Crippen LogP contribution < -0.4 is 4.31 Å². The standard InChI is InChI=1S/C14H18N2O3S/c1-5-20(18,19)16(4)13-8-6-7-12(11-13)14(17)9-10-15(2)3/h5-11H,1H2,2-4H3. The molecular formula is C14H18N2O3S. The summed E-state index contributed by atoms with van der Waals surface area (Å²) in [5.41, 5.74) is 0.834. The first-order chi connectivity index (χ1) is 9.27. The maximum absolute atomic E-state index is 11.9. The molecule has 5 nitrogen and oxygen atoms in total. The second kappa shape index (κ2) is 6.38. The Labute approximate surface area is 119 Å². The monoisotopic (exact) mass is 294 g/mol. The highest BCUT2D eigenvalue weighted by molar-refractivity contribution is 7.95. The summed E-state index contributed by atoms with van der Waals surface area (Å²) in [7, 11) is 1.47. The molecule has 0 saturated heterocycles. The lowest BCUT2D eigenvalue weighted by molar-refractivity contribution is 0.104. The third kappa shape index (κ3) is 3.96. The molecule has 0 aromatic heterocycles. The first-order valence-corrected chi connectivity index (χ1v) is 7.38. The summed E-state index contributed by atoms with van der Waals surface area (Å²) in [5.74, 6) is -0.190. The molecule has 1 aromatic rings. The summed E-state index contributed by atoms with van der Waals surface area (Å²) >= 11 is 0. The highest BCUT2D eigenvalue weighted by atomic mass is 32.2. The lowest BCUT2D eigenvalue weighted by Crippen LogP contribution is -2.24. The molecule has 0 aliphatic carbocycles. The second-order valence-corrected chi connectivity index (χ2v) is 6.28. The molecule has 1 aromatic carbocycles. The SMILES string of the molecule is C=CS(=O)(=O)N(C)c1cccc(C(=O)C=CN(C)C)c1. The van der Waals surface area contributed by atoms with Crippen LogP contribution in [0, 0.1) is 0 Å². The normalized spacial score (nSPS) is 11.3. The Kier molecular flexibility index (Phi) is 5.10. The molecule has 0 spiro atoms. The van der Waals surface area contributed by atoms with Crippen molar-refractivity contribution in [1.29, 1.82) is 0 Å². The molecule has 0 aliphatic heterocycles. The summed E-state index contributed by atoms with van der Waals surface area (Å²) in [6.07, 6.45) is 3.07. The fraction of sp³-hybridized carbons (Fsp3) is 0.214. The fourth-order valence-electron chi connectivity index (χ4n) is 1.43. The van der Waals surface area contributed by atoms with Crippen LogP contribution in [0.5, 0.6) is 0 Å². The number of carbonyl (C=O) groups excluding carboxylic acids is 1. The number of benzene rings is 1. The van der Waals surface area contributed by atoms with Gasteiger partial charge in [-0.15, -0.1) is 0 Å². The van der Waals surface area contributed by atoms with Crippen LogP contribution in [0.4, 0.5) is 5.69 Å². The highest BCUT2D eigenvalue weighted by Gasteiger charge is 2.15. The molecule has 0 N–H and O–H groups in total. The highest BCUT2D eigenvalue weighted by Crippen LogP contribution is 2.19. The average Bonchev–Trinajstić information content (AvgIpc) is 2.43. The number of anilines is 1. The molecular weight excluding hydrogens is 276 g/mol. The molecule has 0 unspecified atom stereocenters. The molecule has 6 heteroatoms. The van der Waals surface area contributed by atoms with Gasteiger partial charge in [-0.2, -0.15) is 0 Å². The predicted octanol–water partition coefficient (Wildman–Crippen LogP) is 1.85. The van der Waals surface area contributed by atoms with Crippen molar-refractivity contribution >= 4 is 21.5 Å². The van der Waals surface area contributed by atoms with Crippen molar-refractivity contribution in [2.45, 2.75) is 0 Å². The van der Waals surface area contributed by atoms with Gasteiger partial charge < -0.3 is 4.90 Å². The number of nitrogens with zero attached hydrogens (tertiary/aromatic N) is 2. The van der Waals surface area contributed by atoms with Gasteiger partial charge in [-0.3, -0.25) is 9.10 Å². The van der Waals surface area contributed by atoms with Crippen molar-refractivity contribution in [3.63, 3.8) is 0 Å². The zero-order chi connectivity index (χ0) is 15.3. The number of hydrogen-bond donors (Lipinski definition) is 0. The van der Waals surface area contributed by atoms with Crippen LogP contribution in [-0.4, -0.2) is 40.2 Å². The number of rotatable bonds is 6. The average molecular weight is 294 g/mol. The van der Waals surface area contributed by atoms with Crippen molar-refractivity contribution in [2.24, 2.45) is 0 Å². The number of hydrogen-bond acceptors (Lipinski definition) is 4. The molecule has 0 aliphatic rings. The smallest absolute Gasteiger partial charge is 0.256 e. The minimum atomic E-state index is -3.56. The number of carbonyl (C=O) groups is 1. The zero-order valence-corrected chi connectivity index (χ0v) is 12.6. The van der Waals surface area contributed by atoms with E-state index in [4.69, 9.17) is 0 Å². The van der Waals surface area contributed by atoms with Gasteiger partial charge in [0.15, 0.2) is 5.78 Å². The lowest BCUT2D eigenvalue weighted by atomic mass is 10.1. The van der Waals surface area contributed by atoms with Gasteiger partial charge in [0.2, 0.25) is 0 Å². The first kappa shape index (κ1) is 16.0. The summed E-state index contributed by atoms with van der Waals surface area (Å²) in [6, 6.07) is 6.43. The third-order valence-electron chi connectivity index (χ3n) is 2.61. The fourth-order valence-corrected chi connectivity index (χ4v) is 2.06. The lowest BCUT2D eigenvalue weighted by Gasteiger charge is -2.17. The number of sulfonamides is 1. The van der Waals surface area contributed by atoms with Crippen molar-refractivity contribution < 1.29 is 13.2 Å². The zero-order valence-electron chi connectivity index (χ0n) is 11.8. The quantitative estimate of drug-likeness (QED) is 0.593. The Bertz CT molecular complexity index is 634. The van der Waals surface area contributed by atoms with Gasteiger partial charge in [0.1, 0.15) is 0 Å². The molecule has 0 radical (unpaired) electrons. The topological polar surface area (TPSA) is 57.7 Å². The van der Waals surface area contributed by atoms with E-state index in [1.807, 2.05) is 14.1 Å². The minimum absolute atomic E-state index is 0.190. The van der Waals surface area contributed by atoms with E-state index in [0.29, 0.717) is 11.3 Å². The Morgan fingerprint density at radius 3 is 2.45 bits per heavy atom. The summed E-state index contributed by atoms with van der Waals surface area (Å²) in [6.45, 7) is 3.27. The summed E-state index contributed by atoms with van der Waals surface area (Å²) in [4.78, 5) is 13.7. The van der Waals surface area contributed by atoms with Crippen LogP contribution in [0.25, 0.3) is 0 Å². The van der Waals surface area contributed by atoms with E-state index < -0.39 is 10.0 Å². The van der Waals surface area contributed by atoms with Crippen LogP contribution in [0.15, 0.2) is 48.5 Å². The van der Waals surface area contributed by atoms with Gasteiger partial charge in [0.05, 0.1) is 5.69 Å². The van der Waals surface area contributed by atoms with E-state index in [1.165, 1.54) is 19.2 Å². The maximum Gasteiger partial charge on any atom is 0.256 e. The first-order valence-electron chi connectivity index (χ1n) is 5.88. The molecule has 1 rings (SSSR count). The largest absolute Gasteiger partial charge is 0.383 e. The van der Waals surface area contributed by atoms with Gasteiger partial charge in [-0.05, 0) is 12.1 Å². The van der Waals surface area contributed by atoms with E-state index in [1.54, 1.807) is 29.3 Å². The van der Waals surface area contributed by atoms with Gasteiger partial charge in [-0.1, -0.05) is 18.7 Å². The van der Waals surface area contributed by atoms with E-state index in [0.717, 1.165) is 9.71 Å². The van der Waals surface area contributed by atoms with Gasteiger partial charge in [0, 0.05) is 44.4 Å². The molecule has 20 heavy (non-hydrogen) atoms. The molecule has 0 amide bonds. The molecule has 0 saturated carbocycles. The summed E-state index contributed by atoms with van der Waals surface area (Å²) in [5, 5.41) is 0.868. The second-order valence-electron chi connectivity index (χ2n) is 4.37. The Morgan fingerprint density at radius 2 is 1.90 bits per heavy atom. The van der Waals surface area contributed by atoms with Crippen LogP contribution in [0.2, 0.25) is 0 Å². The molecule has 0 fully saturated rings. The number of ketones is 1. The van der Waals surface area contributed by atoms with Crippen LogP contribution in [-0.2, 0) is 10.0 Å². The molecule has 108 valence electrons. The molecule has 0 atom stereocenters. The Balaban J connectivity index is 3.08. The maximum atomic E-state index is 11.9. The van der Waals surface area contributed by atoms with E-state index in [9.17, 15) is 13.2 Å². The van der Waals surface area contributed by atoms with Gasteiger partial charge >= 0.3 is 0 Å². The summed E-state index contributed by atoms with van der Waals surface area (Å²) < 4.78 is 24.5. The van der Waals surface area contributed by atoms with Crippen molar-refractivity contribution in [2.75, 3.05) is 25.4 Å². The van der Waals surface area contributed by atoms with Gasteiger partial charge in [0.25, 0.3) is 10.0 Å². The van der Waals surface area contributed by atoms with Crippen LogP contribution in [0.3, 0.4) is 0 Å². The predicted molar refractivity (Wildman–Crippen MR) is 81.1 cm³/mol.